The molecule has 0 amide bonds. The molecule has 0 bridgehead atoms. The summed E-state index contributed by atoms with van der Waals surface area (Å²) >= 11 is 6.00. The van der Waals surface area contributed by atoms with E-state index in [1.54, 1.807) is 18.2 Å². The van der Waals surface area contributed by atoms with Crippen LogP contribution in [0.4, 0.5) is 18.9 Å². The summed E-state index contributed by atoms with van der Waals surface area (Å²) in [5.41, 5.74) is 5.62. The summed E-state index contributed by atoms with van der Waals surface area (Å²) in [5, 5.41) is 0.616. The van der Waals surface area contributed by atoms with Crippen LogP contribution in [0.5, 0.6) is 11.5 Å². The molecule has 6 heteroatoms. The van der Waals surface area contributed by atoms with Crippen LogP contribution in [0.15, 0.2) is 36.4 Å². The Bertz CT molecular complexity index is 656. The first kappa shape index (κ1) is 15.5. The summed E-state index contributed by atoms with van der Waals surface area (Å²) in [7, 11) is 0. The lowest BCUT2D eigenvalue weighted by molar-refractivity contribution is -0.137. The van der Waals surface area contributed by atoms with Gasteiger partial charge < -0.3 is 10.5 Å². The van der Waals surface area contributed by atoms with Crippen molar-refractivity contribution < 1.29 is 17.9 Å². The van der Waals surface area contributed by atoms with E-state index in [0.717, 1.165) is 24.1 Å². The number of alkyl halides is 3. The molecule has 0 radical (unpaired) electrons. The number of hydrogen-bond acceptors (Lipinski definition) is 2. The lowest BCUT2D eigenvalue weighted by Gasteiger charge is -2.12. The molecule has 112 valence electrons. The molecule has 21 heavy (non-hydrogen) atoms. The predicted octanol–water partition coefficient (Wildman–Crippen LogP) is 5.30. The van der Waals surface area contributed by atoms with Crippen molar-refractivity contribution in [2.75, 3.05) is 5.73 Å². The number of anilines is 1. The Hall–Kier alpha value is -1.88. The zero-order valence-electron chi connectivity index (χ0n) is 11.2. The normalized spacial score (nSPS) is 11.5. The lowest BCUT2D eigenvalue weighted by atomic mass is 10.1. The Balaban J connectivity index is 2.28. The van der Waals surface area contributed by atoms with E-state index in [-0.39, 0.29) is 11.4 Å². The second-order valence-corrected chi connectivity index (χ2v) is 4.87. The van der Waals surface area contributed by atoms with E-state index < -0.39 is 11.7 Å². The minimum atomic E-state index is -4.43. The highest BCUT2D eigenvalue weighted by Gasteiger charge is 2.30. The number of benzene rings is 2. The highest BCUT2D eigenvalue weighted by atomic mass is 35.5. The first-order valence-electron chi connectivity index (χ1n) is 6.24. The average Bonchev–Trinajstić information content (AvgIpc) is 2.42. The lowest BCUT2D eigenvalue weighted by Crippen LogP contribution is -2.06. The molecule has 0 heterocycles. The molecule has 2 rings (SSSR count). The number of rotatable bonds is 3. The molecule has 0 aliphatic heterocycles. The summed E-state index contributed by atoms with van der Waals surface area (Å²) in [6, 6.07) is 8.04. The van der Waals surface area contributed by atoms with Crippen LogP contribution >= 0.6 is 11.6 Å². The van der Waals surface area contributed by atoms with Gasteiger partial charge in [-0.05, 0) is 48.4 Å². The second-order valence-electron chi connectivity index (χ2n) is 4.46. The fraction of sp³-hybridized carbons (Fsp3) is 0.200. The highest BCUT2D eigenvalue weighted by molar-refractivity contribution is 6.31. The molecule has 0 saturated heterocycles. The van der Waals surface area contributed by atoms with Crippen molar-refractivity contribution in [3.8, 4) is 11.5 Å². The number of halogens is 4. The van der Waals surface area contributed by atoms with Crippen LogP contribution in [0.2, 0.25) is 5.02 Å². The molecule has 2 nitrogen and oxygen atoms in total. The van der Waals surface area contributed by atoms with Crippen LogP contribution in [0.25, 0.3) is 0 Å². The van der Waals surface area contributed by atoms with E-state index in [4.69, 9.17) is 22.1 Å². The summed E-state index contributed by atoms with van der Waals surface area (Å²) in [4.78, 5) is 0. The smallest absolute Gasteiger partial charge is 0.416 e. The van der Waals surface area contributed by atoms with Gasteiger partial charge in [0.1, 0.15) is 11.5 Å². The van der Waals surface area contributed by atoms with Crippen molar-refractivity contribution in [1.82, 2.24) is 0 Å². The molecule has 0 aliphatic rings. The molecular weight excluding hydrogens is 303 g/mol. The van der Waals surface area contributed by atoms with Gasteiger partial charge in [-0.25, -0.2) is 0 Å². The third kappa shape index (κ3) is 3.61. The highest BCUT2D eigenvalue weighted by Crippen LogP contribution is 2.35. The first-order chi connectivity index (χ1) is 9.81. The fourth-order valence-corrected chi connectivity index (χ4v) is 2.08. The van der Waals surface area contributed by atoms with Crippen LogP contribution in [0.1, 0.15) is 18.1 Å². The fourth-order valence-electron chi connectivity index (χ4n) is 1.83. The summed E-state index contributed by atoms with van der Waals surface area (Å²) in [6.45, 7) is 1.94. The first-order valence-corrected chi connectivity index (χ1v) is 6.62. The Labute approximate surface area is 125 Å². The molecule has 0 fully saturated rings. The van der Waals surface area contributed by atoms with E-state index in [0.29, 0.717) is 10.8 Å². The standard InChI is InChI=1S/C15H13ClF3NO/c1-2-9-7-11(4-5-12(9)16)21-14-6-3-10(8-13(14)20)15(17,18)19/h3-8H,2,20H2,1H3. The van der Waals surface area contributed by atoms with Gasteiger partial charge in [0.15, 0.2) is 0 Å². The van der Waals surface area contributed by atoms with E-state index in [9.17, 15) is 13.2 Å². The zero-order valence-corrected chi connectivity index (χ0v) is 11.9. The molecular formula is C15H13ClF3NO. The van der Waals surface area contributed by atoms with Crippen LogP contribution < -0.4 is 10.5 Å². The van der Waals surface area contributed by atoms with Gasteiger partial charge in [0, 0.05) is 5.02 Å². The maximum atomic E-state index is 12.6. The Morgan fingerprint density at radius 1 is 1.14 bits per heavy atom. The van der Waals surface area contributed by atoms with Crippen molar-refractivity contribution in [3.05, 3.63) is 52.5 Å². The van der Waals surface area contributed by atoms with Crippen molar-refractivity contribution in [2.24, 2.45) is 0 Å². The van der Waals surface area contributed by atoms with Gasteiger partial charge in [-0.15, -0.1) is 0 Å². The number of aryl methyl sites for hydroxylation is 1. The zero-order chi connectivity index (χ0) is 15.6. The third-order valence-corrected chi connectivity index (χ3v) is 3.33. The van der Waals surface area contributed by atoms with Crippen LogP contribution in [-0.2, 0) is 12.6 Å². The van der Waals surface area contributed by atoms with Crippen molar-refractivity contribution >= 4 is 17.3 Å². The second kappa shape index (κ2) is 5.85. The molecule has 2 N–H and O–H groups in total. The molecule has 0 aliphatic carbocycles. The van der Waals surface area contributed by atoms with Crippen LogP contribution in [0.3, 0.4) is 0 Å². The molecule has 0 saturated carbocycles. The SMILES string of the molecule is CCc1cc(Oc2ccc(C(F)(F)F)cc2N)ccc1Cl. The Kier molecular flexibility index (Phi) is 4.32. The quantitative estimate of drug-likeness (QED) is 0.780. The van der Waals surface area contributed by atoms with E-state index in [1.807, 2.05) is 6.92 Å². The number of hydrogen-bond donors (Lipinski definition) is 1. The minimum Gasteiger partial charge on any atom is -0.455 e. The summed E-state index contributed by atoms with van der Waals surface area (Å²) < 4.78 is 43.2. The number of ether oxygens (including phenoxy) is 1. The summed E-state index contributed by atoms with van der Waals surface area (Å²) in [6.07, 6.45) is -3.71. The molecule has 2 aromatic carbocycles. The maximum absolute atomic E-state index is 12.6. The van der Waals surface area contributed by atoms with Gasteiger partial charge in [-0.1, -0.05) is 18.5 Å². The monoisotopic (exact) mass is 315 g/mol. The van der Waals surface area contributed by atoms with E-state index >= 15 is 0 Å². The topological polar surface area (TPSA) is 35.2 Å². The van der Waals surface area contributed by atoms with Crippen molar-refractivity contribution in [1.29, 1.82) is 0 Å². The van der Waals surface area contributed by atoms with Gasteiger partial charge in [-0.3, -0.25) is 0 Å². The predicted molar refractivity (Wildman–Crippen MR) is 76.8 cm³/mol. The van der Waals surface area contributed by atoms with Crippen molar-refractivity contribution in [2.45, 2.75) is 19.5 Å². The van der Waals surface area contributed by atoms with Gasteiger partial charge in [-0.2, -0.15) is 13.2 Å². The van der Waals surface area contributed by atoms with Gasteiger partial charge in [0.05, 0.1) is 11.3 Å². The van der Waals surface area contributed by atoms with E-state index in [1.165, 1.54) is 6.07 Å². The van der Waals surface area contributed by atoms with Crippen LogP contribution in [0, 0.1) is 0 Å². The van der Waals surface area contributed by atoms with Crippen LogP contribution in [-0.4, -0.2) is 0 Å². The Morgan fingerprint density at radius 2 is 1.86 bits per heavy atom. The number of nitrogen functional groups attached to an aromatic ring is 1. The molecule has 0 aromatic heterocycles. The van der Waals surface area contributed by atoms with E-state index in [2.05, 4.69) is 0 Å². The van der Waals surface area contributed by atoms with Gasteiger partial charge in [0.25, 0.3) is 0 Å². The Morgan fingerprint density at radius 3 is 2.43 bits per heavy atom. The number of nitrogens with two attached hydrogens (primary N) is 1. The maximum Gasteiger partial charge on any atom is 0.416 e. The molecule has 0 atom stereocenters. The minimum absolute atomic E-state index is 0.0715. The van der Waals surface area contributed by atoms with Crippen molar-refractivity contribution in [3.63, 3.8) is 0 Å². The molecule has 0 spiro atoms. The third-order valence-electron chi connectivity index (χ3n) is 2.96. The van der Waals surface area contributed by atoms with Gasteiger partial charge in [0.2, 0.25) is 0 Å². The molecule has 0 unspecified atom stereocenters. The molecule has 2 aromatic rings. The van der Waals surface area contributed by atoms with Gasteiger partial charge >= 0.3 is 6.18 Å². The largest absolute Gasteiger partial charge is 0.455 e. The summed E-state index contributed by atoms with van der Waals surface area (Å²) in [5.74, 6) is 0.648. The average molecular weight is 316 g/mol.